The Morgan fingerprint density at radius 3 is 2.45 bits per heavy atom. The van der Waals surface area contributed by atoms with Crippen molar-refractivity contribution in [3.05, 3.63) is 69.9 Å². The number of ether oxygens (including phenoxy) is 3. The zero-order valence-electron chi connectivity index (χ0n) is 43.8. The molecule has 13 nitrogen and oxygen atoms in total. The molecular formula is C58H80ClN9O4S. The highest BCUT2D eigenvalue weighted by molar-refractivity contribution is 8.00. The highest BCUT2D eigenvalue weighted by atomic mass is 35.5. The molecule has 0 radical (unpaired) electrons. The molecule has 8 unspecified atom stereocenters. The number of piperidine rings is 1. The van der Waals surface area contributed by atoms with Crippen molar-refractivity contribution in [2.24, 2.45) is 33.2 Å². The highest BCUT2D eigenvalue weighted by Gasteiger charge is 2.53. The number of likely N-dealkylation sites (tertiary alicyclic amines) is 1. The van der Waals surface area contributed by atoms with Gasteiger partial charge in [-0.05, 0) is 156 Å². The minimum absolute atomic E-state index is 0.0168. The number of carbonyl (C=O) groups excluding carboxylic acids is 1. The molecule has 11 atom stereocenters. The van der Waals surface area contributed by atoms with Gasteiger partial charge in [0.1, 0.15) is 29.8 Å². The van der Waals surface area contributed by atoms with Crippen LogP contribution in [0.1, 0.15) is 154 Å². The first kappa shape index (κ1) is 51.4. The van der Waals surface area contributed by atoms with Crippen molar-refractivity contribution in [3.63, 3.8) is 0 Å². The summed E-state index contributed by atoms with van der Waals surface area (Å²) in [5.74, 6) is 2.93. The van der Waals surface area contributed by atoms with Gasteiger partial charge in [-0.2, -0.15) is 5.26 Å². The van der Waals surface area contributed by atoms with Crippen LogP contribution in [0, 0.1) is 34.5 Å². The first-order valence-corrected chi connectivity index (χ1v) is 29.7. The molecule has 73 heavy (non-hydrogen) atoms. The van der Waals surface area contributed by atoms with Crippen molar-refractivity contribution in [2.45, 2.75) is 203 Å². The van der Waals surface area contributed by atoms with Crippen LogP contribution in [-0.4, -0.2) is 113 Å². The number of thioether (sulfide) groups is 1. The Morgan fingerprint density at radius 1 is 0.918 bits per heavy atom. The number of benzene rings is 2. The summed E-state index contributed by atoms with van der Waals surface area (Å²) in [5.41, 5.74) is 14.3. The highest BCUT2D eigenvalue weighted by Crippen LogP contribution is 2.51. The molecule has 2 aromatic rings. The molecule has 9 aliphatic rings. The minimum Gasteiger partial charge on any atom is -0.490 e. The lowest BCUT2D eigenvalue weighted by Gasteiger charge is -2.43. The number of nitriles is 1. The smallest absolute Gasteiger partial charge is 0.245 e. The molecule has 2 aromatic carbocycles. The minimum atomic E-state index is -0.379. The Kier molecular flexibility index (Phi) is 15.8. The molecule has 3 saturated carbocycles. The van der Waals surface area contributed by atoms with Crippen molar-refractivity contribution in [1.82, 2.24) is 31.3 Å². The lowest BCUT2D eigenvalue weighted by atomic mass is 9.77. The van der Waals surface area contributed by atoms with Crippen LogP contribution in [-0.2, 0) is 9.53 Å². The third-order valence-corrected chi connectivity index (χ3v) is 20.5. The summed E-state index contributed by atoms with van der Waals surface area (Å²) in [5, 5.41) is 17.6. The van der Waals surface area contributed by atoms with Crippen LogP contribution in [0.5, 0.6) is 11.5 Å². The molecule has 1 amide bonds. The summed E-state index contributed by atoms with van der Waals surface area (Å²) in [6, 6.07) is 16.1. The fraction of sp³-hybridized carbons (Fsp3) is 0.690. The number of halogens is 1. The standard InChI is InChI=1S/C58H80ClN9O4S/c1-35-37(3)73-57-52(35)54(64-49(31-51-61-27-29-70-51)55-66-65-38(4)68(55)57)40-12-17-43(18-13-40)72-46-24-26-58(32-46)25-9-28-67(34-58)50-23-22-48(63-53(36(50)2)39-10-7-5-6-8-11-39)56(69)62-42-15-20-44(21-16-42)71-45-19-14-41(33-60)47(59)30-45/h12-14,17-19,30,35,37-39,42,44,46,48-49,51-52,55,57,61,65-66H,5-11,15-16,20-29,31-32,34H2,1-4H3,(H,62,69)/t35?,37?,38?,42?,44?,46-,48?,49-,51?,52?,55?,57?,58-/m0/s1. The Bertz CT molecular complexity index is 2430. The van der Waals surface area contributed by atoms with E-state index in [0.717, 1.165) is 103 Å². The zero-order chi connectivity index (χ0) is 50.2. The van der Waals surface area contributed by atoms with E-state index in [1.165, 1.54) is 73.2 Å². The van der Waals surface area contributed by atoms with E-state index in [0.29, 0.717) is 44.7 Å². The number of hydrogen-bond donors (Lipinski definition) is 4. The monoisotopic (exact) mass is 1030 g/mol. The van der Waals surface area contributed by atoms with Gasteiger partial charge in [0, 0.05) is 72.4 Å². The average Bonchev–Trinajstić information content (AvgIpc) is 4.10. The van der Waals surface area contributed by atoms with Gasteiger partial charge in [0.2, 0.25) is 5.91 Å². The van der Waals surface area contributed by atoms with Crippen molar-refractivity contribution in [3.8, 4) is 17.6 Å². The first-order valence-electron chi connectivity index (χ1n) is 28.3. The second-order valence-corrected chi connectivity index (χ2v) is 25.2. The van der Waals surface area contributed by atoms with E-state index < -0.39 is 0 Å². The largest absolute Gasteiger partial charge is 0.490 e. The maximum absolute atomic E-state index is 14.3. The zero-order valence-corrected chi connectivity index (χ0v) is 45.3. The quantitative estimate of drug-likeness (QED) is 0.160. The summed E-state index contributed by atoms with van der Waals surface area (Å²) < 4.78 is 19.3. The van der Waals surface area contributed by atoms with E-state index in [2.05, 4.69) is 101 Å². The van der Waals surface area contributed by atoms with E-state index in [-0.39, 0.29) is 60.2 Å². The van der Waals surface area contributed by atoms with E-state index in [1.807, 2.05) is 6.07 Å². The molecule has 0 aromatic heterocycles. The molecule has 394 valence electrons. The number of allylic oxidation sites excluding steroid dienone is 2. The van der Waals surface area contributed by atoms with Gasteiger partial charge in [-0.25, -0.2) is 10.9 Å². The van der Waals surface area contributed by atoms with Crippen molar-refractivity contribution in [1.29, 1.82) is 5.26 Å². The number of nitrogens with one attached hydrogen (secondary N) is 4. The topological polar surface area (TPSA) is 148 Å². The van der Waals surface area contributed by atoms with Gasteiger partial charge in [-0.3, -0.25) is 25.0 Å². The van der Waals surface area contributed by atoms with Gasteiger partial charge < -0.3 is 24.4 Å². The fourth-order valence-corrected chi connectivity index (χ4v) is 16.5. The maximum atomic E-state index is 14.3. The van der Waals surface area contributed by atoms with E-state index in [9.17, 15) is 10.1 Å². The molecule has 15 heteroatoms. The van der Waals surface area contributed by atoms with E-state index in [4.69, 9.17) is 35.8 Å². The van der Waals surface area contributed by atoms with Gasteiger partial charge in [0.15, 0.2) is 0 Å². The normalized spacial score (nSPS) is 36.4. The van der Waals surface area contributed by atoms with Crippen molar-refractivity contribution in [2.75, 3.05) is 26.2 Å². The molecule has 0 bridgehead atoms. The molecule has 6 heterocycles. The van der Waals surface area contributed by atoms with Crippen LogP contribution in [0.2, 0.25) is 5.02 Å². The summed E-state index contributed by atoms with van der Waals surface area (Å²) in [6.45, 7) is 13.2. The van der Waals surface area contributed by atoms with E-state index >= 15 is 0 Å². The second-order valence-electron chi connectivity index (χ2n) is 23.3. The molecule has 7 fully saturated rings. The van der Waals surface area contributed by atoms with Crippen molar-refractivity contribution >= 4 is 40.7 Å². The van der Waals surface area contributed by atoms with Crippen LogP contribution in [0.15, 0.2) is 63.7 Å². The SMILES string of the molecule is CC1=C(N2CCC[C@@]3(CC[C@H](Oc4ccc(C5=N[C@@H](CC6NCCO6)C6NNC(C)N6C6SC(C)C(C)C56)cc4)C3)C2)CCC(C(=O)NC2CCC(Oc3ccc(C#N)c(Cl)c3)CC2)N=C1C1CCCCCC1. The van der Waals surface area contributed by atoms with E-state index in [1.54, 1.807) is 12.1 Å². The Labute approximate surface area is 443 Å². The first-order chi connectivity index (χ1) is 35.5. The average molecular weight is 1030 g/mol. The van der Waals surface area contributed by atoms with Gasteiger partial charge in [-0.1, -0.05) is 51.1 Å². The summed E-state index contributed by atoms with van der Waals surface area (Å²) in [7, 11) is 0. The number of hydrogen-bond acceptors (Lipinski definition) is 13. The van der Waals surface area contributed by atoms with Gasteiger partial charge >= 0.3 is 0 Å². The maximum Gasteiger partial charge on any atom is 0.245 e. The van der Waals surface area contributed by atoms with Crippen LogP contribution in [0.25, 0.3) is 0 Å². The molecule has 1 spiro atoms. The molecule has 3 aliphatic carbocycles. The molecule has 4 saturated heterocycles. The molecular weight excluding hydrogens is 954 g/mol. The number of carbonyl (C=O) groups is 1. The lowest BCUT2D eigenvalue weighted by Crippen LogP contribution is -2.51. The predicted octanol–water partition coefficient (Wildman–Crippen LogP) is 9.88. The van der Waals surface area contributed by atoms with Gasteiger partial charge in [0.05, 0.1) is 53.1 Å². The number of hydrazine groups is 1. The number of rotatable bonds is 11. The summed E-state index contributed by atoms with van der Waals surface area (Å²) >= 11 is 8.40. The Balaban J connectivity index is 0.742. The molecule has 6 aliphatic heterocycles. The van der Waals surface area contributed by atoms with Gasteiger partial charge in [0.25, 0.3) is 0 Å². The number of nitrogens with zero attached hydrogens (tertiary/aromatic N) is 5. The lowest BCUT2D eigenvalue weighted by molar-refractivity contribution is -0.123. The van der Waals surface area contributed by atoms with Crippen LogP contribution in [0.4, 0.5) is 0 Å². The third kappa shape index (κ3) is 11.1. The number of aliphatic imine (C=N–C) groups is 2. The Morgan fingerprint density at radius 2 is 1.70 bits per heavy atom. The summed E-state index contributed by atoms with van der Waals surface area (Å²) in [6.07, 6.45) is 19.5. The second kappa shape index (κ2) is 22.5. The van der Waals surface area contributed by atoms with Crippen molar-refractivity contribution < 1.29 is 19.0 Å². The number of fused-ring (bicyclic) bond motifs is 3. The molecule has 4 N–H and O–H groups in total. The van der Waals surface area contributed by atoms with Crippen LogP contribution in [0.3, 0.4) is 0 Å². The molecule has 11 rings (SSSR count). The predicted molar refractivity (Wildman–Crippen MR) is 291 cm³/mol. The van der Waals surface area contributed by atoms with Gasteiger partial charge in [-0.15, -0.1) is 11.8 Å². The number of amides is 1. The fourth-order valence-electron chi connectivity index (χ4n) is 14.4. The summed E-state index contributed by atoms with van der Waals surface area (Å²) in [4.78, 5) is 30.9. The van der Waals surface area contributed by atoms with Crippen LogP contribution < -0.4 is 31.0 Å². The van der Waals surface area contributed by atoms with Crippen LogP contribution >= 0.6 is 23.4 Å². The Hall–Kier alpha value is -3.68. The third-order valence-electron chi connectivity index (χ3n) is 18.6.